The van der Waals surface area contributed by atoms with Gasteiger partial charge in [0.1, 0.15) is 0 Å². The molecule has 1 amide bonds. The van der Waals surface area contributed by atoms with Crippen molar-refractivity contribution in [2.75, 3.05) is 5.75 Å². The molecule has 0 spiro atoms. The van der Waals surface area contributed by atoms with Crippen molar-refractivity contribution in [2.24, 2.45) is 11.5 Å². The highest BCUT2D eigenvalue weighted by Gasteiger charge is 2.10. The van der Waals surface area contributed by atoms with E-state index in [0.717, 1.165) is 11.5 Å². The Kier molecular flexibility index (Phi) is 4.38. The minimum atomic E-state index is -0.387. The monoisotopic (exact) mass is 238 g/mol. The normalized spacial score (nSPS) is 11.4. The Labute approximate surface area is 101 Å². The van der Waals surface area contributed by atoms with Gasteiger partial charge in [0.25, 0.3) is 0 Å². The van der Waals surface area contributed by atoms with E-state index in [2.05, 4.69) is 0 Å². The number of thioether (sulfide) groups is 1. The molecule has 0 heterocycles. The predicted octanol–water partition coefficient (Wildman–Crippen LogP) is 1.76. The highest BCUT2D eigenvalue weighted by molar-refractivity contribution is 7.98. The molecular weight excluding hydrogens is 220 g/mol. The van der Waals surface area contributed by atoms with Gasteiger partial charge in [-0.3, -0.25) is 4.79 Å². The Morgan fingerprint density at radius 2 is 1.88 bits per heavy atom. The molecule has 0 radical (unpaired) electrons. The number of hydrogen-bond donors (Lipinski definition) is 2. The largest absolute Gasteiger partial charge is 0.366 e. The number of rotatable bonds is 5. The van der Waals surface area contributed by atoms with Gasteiger partial charge in [-0.05, 0) is 31.5 Å². The SMILES string of the molecule is CC(C)(N)CSCc1ccc(C(N)=O)cc1. The fraction of sp³-hybridized carbons (Fsp3) is 0.417. The predicted molar refractivity (Wildman–Crippen MR) is 69.4 cm³/mol. The lowest BCUT2D eigenvalue weighted by Gasteiger charge is -2.17. The molecule has 16 heavy (non-hydrogen) atoms. The number of amides is 1. The second-order valence-corrected chi connectivity index (χ2v) is 5.53. The second kappa shape index (κ2) is 5.37. The van der Waals surface area contributed by atoms with Crippen molar-refractivity contribution in [3.8, 4) is 0 Å². The highest BCUT2D eigenvalue weighted by atomic mass is 32.2. The fourth-order valence-corrected chi connectivity index (χ4v) is 2.25. The Hall–Kier alpha value is -1.00. The van der Waals surface area contributed by atoms with Crippen LogP contribution >= 0.6 is 11.8 Å². The quantitative estimate of drug-likeness (QED) is 0.821. The average Bonchev–Trinajstić information content (AvgIpc) is 2.16. The number of carbonyl (C=O) groups is 1. The van der Waals surface area contributed by atoms with Gasteiger partial charge in [-0.15, -0.1) is 0 Å². The maximum Gasteiger partial charge on any atom is 0.248 e. The Morgan fingerprint density at radius 3 is 2.31 bits per heavy atom. The van der Waals surface area contributed by atoms with Crippen LogP contribution in [0.5, 0.6) is 0 Å². The van der Waals surface area contributed by atoms with Crippen LogP contribution in [0.1, 0.15) is 29.8 Å². The highest BCUT2D eigenvalue weighted by Crippen LogP contribution is 2.16. The van der Waals surface area contributed by atoms with Crippen molar-refractivity contribution in [2.45, 2.75) is 25.1 Å². The number of carbonyl (C=O) groups excluding carboxylic acids is 1. The summed E-state index contributed by atoms with van der Waals surface area (Å²) in [7, 11) is 0. The summed E-state index contributed by atoms with van der Waals surface area (Å²) in [6.45, 7) is 4.02. The van der Waals surface area contributed by atoms with Gasteiger partial charge in [-0.25, -0.2) is 0 Å². The van der Waals surface area contributed by atoms with Crippen LogP contribution in [0.25, 0.3) is 0 Å². The lowest BCUT2D eigenvalue weighted by molar-refractivity contribution is 0.100. The summed E-state index contributed by atoms with van der Waals surface area (Å²) in [5.74, 6) is 1.42. The lowest BCUT2D eigenvalue weighted by Crippen LogP contribution is -2.34. The van der Waals surface area contributed by atoms with E-state index >= 15 is 0 Å². The second-order valence-electron chi connectivity index (χ2n) is 4.54. The van der Waals surface area contributed by atoms with Gasteiger partial charge in [0.2, 0.25) is 5.91 Å². The van der Waals surface area contributed by atoms with Gasteiger partial charge < -0.3 is 11.5 Å². The molecule has 4 N–H and O–H groups in total. The van der Waals surface area contributed by atoms with E-state index in [1.807, 2.05) is 26.0 Å². The molecule has 0 saturated carbocycles. The zero-order valence-electron chi connectivity index (χ0n) is 9.69. The van der Waals surface area contributed by atoms with Crippen molar-refractivity contribution in [1.82, 2.24) is 0 Å². The molecule has 0 saturated heterocycles. The van der Waals surface area contributed by atoms with E-state index in [1.165, 1.54) is 5.56 Å². The third-order valence-electron chi connectivity index (χ3n) is 1.98. The summed E-state index contributed by atoms with van der Waals surface area (Å²) in [6, 6.07) is 7.37. The molecular formula is C12H18N2OS. The van der Waals surface area contributed by atoms with E-state index in [-0.39, 0.29) is 11.4 Å². The van der Waals surface area contributed by atoms with Crippen molar-refractivity contribution in [3.63, 3.8) is 0 Å². The summed E-state index contributed by atoms with van der Waals surface area (Å²) in [5, 5.41) is 0. The number of nitrogens with two attached hydrogens (primary N) is 2. The Bertz CT molecular complexity index is 354. The molecule has 0 aliphatic carbocycles. The summed E-state index contributed by atoms with van der Waals surface area (Å²) >= 11 is 1.79. The molecule has 0 unspecified atom stereocenters. The van der Waals surface area contributed by atoms with Crippen LogP contribution in [0.3, 0.4) is 0 Å². The van der Waals surface area contributed by atoms with Crippen LogP contribution in [0.2, 0.25) is 0 Å². The van der Waals surface area contributed by atoms with Gasteiger partial charge >= 0.3 is 0 Å². The number of primary amides is 1. The molecule has 0 aliphatic rings. The maximum atomic E-state index is 10.9. The van der Waals surface area contributed by atoms with Crippen LogP contribution in [0.15, 0.2) is 24.3 Å². The zero-order chi connectivity index (χ0) is 12.2. The van der Waals surface area contributed by atoms with Gasteiger partial charge in [-0.2, -0.15) is 11.8 Å². The number of benzene rings is 1. The summed E-state index contributed by atoms with van der Waals surface area (Å²) in [6.07, 6.45) is 0. The minimum absolute atomic E-state index is 0.141. The maximum absolute atomic E-state index is 10.9. The number of hydrogen-bond acceptors (Lipinski definition) is 3. The van der Waals surface area contributed by atoms with E-state index < -0.39 is 0 Å². The molecule has 4 heteroatoms. The molecule has 0 atom stereocenters. The molecule has 0 aliphatic heterocycles. The molecule has 0 aromatic heterocycles. The smallest absolute Gasteiger partial charge is 0.248 e. The van der Waals surface area contributed by atoms with E-state index in [9.17, 15) is 4.79 Å². The first-order chi connectivity index (χ1) is 7.38. The van der Waals surface area contributed by atoms with Crippen LogP contribution in [0.4, 0.5) is 0 Å². The van der Waals surface area contributed by atoms with Crippen LogP contribution < -0.4 is 11.5 Å². The van der Waals surface area contributed by atoms with Crippen molar-refractivity contribution < 1.29 is 4.79 Å². The van der Waals surface area contributed by atoms with Gasteiger partial charge in [0.15, 0.2) is 0 Å². The first-order valence-corrected chi connectivity index (χ1v) is 6.29. The molecule has 1 rings (SSSR count). The summed E-state index contributed by atoms with van der Waals surface area (Å²) < 4.78 is 0. The minimum Gasteiger partial charge on any atom is -0.366 e. The fourth-order valence-electron chi connectivity index (χ4n) is 1.20. The molecule has 1 aromatic rings. The average molecular weight is 238 g/mol. The third kappa shape index (κ3) is 4.68. The van der Waals surface area contributed by atoms with Gasteiger partial charge in [0.05, 0.1) is 0 Å². The van der Waals surface area contributed by atoms with E-state index in [0.29, 0.717) is 5.56 Å². The van der Waals surface area contributed by atoms with Crippen LogP contribution in [0, 0.1) is 0 Å². The Balaban J connectivity index is 2.47. The van der Waals surface area contributed by atoms with Gasteiger partial charge in [0, 0.05) is 22.6 Å². The van der Waals surface area contributed by atoms with E-state index in [1.54, 1.807) is 23.9 Å². The molecule has 3 nitrogen and oxygen atoms in total. The van der Waals surface area contributed by atoms with Crippen molar-refractivity contribution >= 4 is 17.7 Å². The Morgan fingerprint density at radius 1 is 1.31 bits per heavy atom. The third-order valence-corrected chi connectivity index (χ3v) is 3.47. The lowest BCUT2D eigenvalue weighted by atomic mass is 10.1. The van der Waals surface area contributed by atoms with Crippen molar-refractivity contribution in [3.05, 3.63) is 35.4 Å². The first kappa shape index (κ1) is 13.1. The van der Waals surface area contributed by atoms with Gasteiger partial charge in [-0.1, -0.05) is 12.1 Å². The van der Waals surface area contributed by atoms with E-state index in [4.69, 9.17) is 11.5 Å². The zero-order valence-corrected chi connectivity index (χ0v) is 10.5. The summed E-state index contributed by atoms with van der Waals surface area (Å²) in [5.41, 5.74) is 12.6. The topological polar surface area (TPSA) is 69.1 Å². The summed E-state index contributed by atoms with van der Waals surface area (Å²) in [4.78, 5) is 10.9. The molecule has 0 fully saturated rings. The van der Waals surface area contributed by atoms with Crippen LogP contribution in [-0.4, -0.2) is 17.2 Å². The molecule has 1 aromatic carbocycles. The van der Waals surface area contributed by atoms with Crippen LogP contribution in [-0.2, 0) is 5.75 Å². The van der Waals surface area contributed by atoms with Crippen molar-refractivity contribution in [1.29, 1.82) is 0 Å². The molecule has 0 bridgehead atoms. The molecule has 88 valence electrons. The first-order valence-electron chi connectivity index (χ1n) is 5.14. The standard InChI is InChI=1S/C12H18N2OS/c1-12(2,14)8-16-7-9-3-5-10(6-4-9)11(13)15/h3-6H,7-8,14H2,1-2H3,(H2,13,15).